The van der Waals surface area contributed by atoms with Gasteiger partial charge in [-0.2, -0.15) is 0 Å². The highest BCUT2D eigenvalue weighted by molar-refractivity contribution is 5.85. The number of rotatable bonds is 3. The molecule has 0 aliphatic carbocycles. The third-order valence-corrected chi connectivity index (χ3v) is 1.92. The third-order valence-electron chi connectivity index (χ3n) is 1.92. The van der Waals surface area contributed by atoms with Crippen LogP contribution in [0.3, 0.4) is 0 Å². The van der Waals surface area contributed by atoms with Gasteiger partial charge in [-0.3, -0.25) is 9.59 Å². The quantitative estimate of drug-likeness (QED) is 0.502. The normalized spacial score (nSPS) is 22.2. The minimum Gasteiger partial charge on any atom is -0.466 e. The van der Waals surface area contributed by atoms with Gasteiger partial charge in [-0.05, 0) is 6.92 Å². The molecule has 0 bridgehead atoms. The molecule has 0 aromatic heterocycles. The van der Waals surface area contributed by atoms with Crippen LogP contribution in [0.2, 0.25) is 0 Å². The van der Waals surface area contributed by atoms with Crippen LogP contribution >= 0.6 is 0 Å². The van der Waals surface area contributed by atoms with Gasteiger partial charge in [0.1, 0.15) is 6.42 Å². The van der Waals surface area contributed by atoms with E-state index in [1.165, 1.54) is 0 Å². The first kappa shape index (κ1) is 9.98. The molecule has 1 fully saturated rings. The van der Waals surface area contributed by atoms with Crippen LogP contribution in [0.25, 0.3) is 0 Å². The van der Waals surface area contributed by atoms with Gasteiger partial charge in [0.05, 0.1) is 19.7 Å². The van der Waals surface area contributed by atoms with E-state index in [9.17, 15) is 9.59 Å². The number of hydrogen-bond acceptors (Lipinski definition) is 3. The number of hydrogen-bond donors (Lipinski definition) is 2. The first-order valence-electron chi connectivity index (χ1n) is 4.50. The number of amides is 1. The van der Waals surface area contributed by atoms with Gasteiger partial charge in [0.15, 0.2) is 6.04 Å². The maximum absolute atomic E-state index is 11.2. The molecule has 74 valence electrons. The van der Waals surface area contributed by atoms with Crippen molar-refractivity contribution in [2.24, 2.45) is 0 Å². The van der Waals surface area contributed by atoms with Crippen LogP contribution in [0.5, 0.6) is 0 Å². The Bertz CT molecular complexity index is 206. The molecule has 1 aliphatic rings. The molecule has 13 heavy (non-hydrogen) atoms. The Labute approximate surface area is 76.8 Å². The van der Waals surface area contributed by atoms with E-state index in [0.29, 0.717) is 13.2 Å². The van der Waals surface area contributed by atoms with Crippen LogP contribution in [0, 0.1) is 0 Å². The standard InChI is InChI=1S/C8H14N2O3/c1-2-13-7(11)5-6-8(12)10-4-3-9-6/h6,9H,2-5H2,1H3,(H,10,12)/p+1/t6-/m1/s1. The molecule has 1 aliphatic heterocycles. The number of piperazine rings is 1. The third kappa shape index (κ3) is 3.02. The molecule has 1 saturated heterocycles. The van der Waals surface area contributed by atoms with Crippen molar-refractivity contribution < 1.29 is 19.6 Å². The molecule has 0 aromatic rings. The summed E-state index contributed by atoms with van der Waals surface area (Å²) in [6.07, 6.45) is 0.166. The van der Waals surface area contributed by atoms with E-state index in [1.807, 2.05) is 5.32 Å². The highest BCUT2D eigenvalue weighted by Gasteiger charge is 2.28. The highest BCUT2D eigenvalue weighted by atomic mass is 16.5. The zero-order valence-electron chi connectivity index (χ0n) is 7.71. The second-order valence-electron chi connectivity index (χ2n) is 2.93. The van der Waals surface area contributed by atoms with Crippen LogP contribution in [-0.4, -0.2) is 37.6 Å². The monoisotopic (exact) mass is 187 g/mol. The summed E-state index contributed by atoms with van der Waals surface area (Å²) in [5, 5.41) is 4.57. The molecule has 5 heteroatoms. The van der Waals surface area contributed by atoms with Gasteiger partial charge in [-0.1, -0.05) is 0 Å². The molecule has 0 aromatic carbocycles. The topological polar surface area (TPSA) is 72.0 Å². The van der Waals surface area contributed by atoms with Gasteiger partial charge < -0.3 is 15.4 Å². The minimum atomic E-state index is -0.305. The Morgan fingerprint density at radius 3 is 3.15 bits per heavy atom. The van der Waals surface area contributed by atoms with Crippen molar-refractivity contribution >= 4 is 11.9 Å². The molecule has 3 N–H and O–H groups in total. The summed E-state index contributed by atoms with van der Waals surface area (Å²) < 4.78 is 4.75. The summed E-state index contributed by atoms with van der Waals surface area (Å²) in [4.78, 5) is 22.2. The maximum atomic E-state index is 11.2. The van der Waals surface area contributed by atoms with Gasteiger partial charge in [0.25, 0.3) is 5.91 Å². The van der Waals surface area contributed by atoms with Crippen LogP contribution in [0.15, 0.2) is 0 Å². The molecular formula is C8H15N2O3+. The largest absolute Gasteiger partial charge is 0.466 e. The van der Waals surface area contributed by atoms with Gasteiger partial charge >= 0.3 is 5.97 Å². The molecule has 0 spiro atoms. The van der Waals surface area contributed by atoms with Crippen molar-refractivity contribution in [1.82, 2.24) is 5.32 Å². The summed E-state index contributed by atoms with van der Waals surface area (Å²) in [6.45, 7) is 3.63. The Hall–Kier alpha value is -1.10. The molecule has 1 heterocycles. The molecular weight excluding hydrogens is 172 g/mol. The molecule has 0 saturated carbocycles. The number of ether oxygens (including phenoxy) is 1. The summed E-state index contributed by atoms with van der Waals surface area (Å²) in [5.74, 6) is -0.375. The van der Waals surface area contributed by atoms with E-state index >= 15 is 0 Å². The van der Waals surface area contributed by atoms with Crippen molar-refractivity contribution in [1.29, 1.82) is 0 Å². The van der Waals surface area contributed by atoms with E-state index in [0.717, 1.165) is 6.54 Å². The zero-order chi connectivity index (χ0) is 9.68. The predicted octanol–water partition coefficient (Wildman–Crippen LogP) is -2.00. The fourth-order valence-electron chi connectivity index (χ4n) is 1.29. The van der Waals surface area contributed by atoms with Crippen molar-refractivity contribution in [3.8, 4) is 0 Å². The molecule has 5 nitrogen and oxygen atoms in total. The Kier molecular flexibility index (Phi) is 3.70. The van der Waals surface area contributed by atoms with E-state index in [4.69, 9.17) is 4.74 Å². The number of carbonyl (C=O) groups is 2. The Balaban J connectivity index is 2.33. The lowest BCUT2D eigenvalue weighted by molar-refractivity contribution is -0.678. The van der Waals surface area contributed by atoms with E-state index in [1.54, 1.807) is 6.92 Å². The Morgan fingerprint density at radius 2 is 2.54 bits per heavy atom. The van der Waals surface area contributed by atoms with Crippen LogP contribution < -0.4 is 10.6 Å². The lowest BCUT2D eigenvalue weighted by Gasteiger charge is -2.19. The zero-order valence-corrected chi connectivity index (χ0v) is 7.71. The number of carbonyl (C=O) groups excluding carboxylic acids is 2. The SMILES string of the molecule is CCOC(=O)C[C@H]1[NH2+]CCNC1=O. The van der Waals surface area contributed by atoms with E-state index in [2.05, 4.69) is 5.32 Å². The highest BCUT2D eigenvalue weighted by Crippen LogP contribution is 1.92. The molecule has 0 unspecified atom stereocenters. The number of nitrogens with two attached hydrogens (primary N) is 1. The van der Waals surface area contributed by atoms with Gasteiger partial charge in [0.2, 0.25) is 0 Å². The molecule has 1 atom stereocenters. The smallest absolute Gasteiger partial charge is 0.312 e. The summed E-state index contributed by atoms with van der Waals surface area (Å²) in [7, 11) is 0. The van der Waals surface area contributed by atoms with Gasteiger partial charge in [-0.15, -0.1) is 0 Å². The van der Waals surface area contributed by atoms with Crippen LogP contribution in [-0.2, 0) is 14.3 Å². The minimum absolute atomic E-state index is 0.0701. The van der Waals surface area contributed by atoms with Crippen molar-refractivity contribution in [2.45, 2.75) is 19.4 Å². The number of quaternary nitrogens is 1. The van der Waals surface area contributed by atoms with Crippen LogP contribution in [0.1, 0.15) is 13.3 Å². The number of nitrogens with one attached hydrogen (secondary N) is 1. The Morgan fingerprint density at radius 1 is 1.77 bits per heavy atom. The first-order valence-corrected chi connectivity index (χ1v) is 4.50. The second-order valence-corrected chi connectivity index (χ2v) is 2.93. The average Bonchev–Trinajstić information content (AvgIpc) is 2.09. The molecule has 1 rings (SSSR count). The molecule has 1 amide bonds. The summed E-state index contributed by atoms with van der Waals surface area (Å²) in [5.41, 5.74) is 0. The first-order chi connectivity index (χ1) is 6.24. The van der Waals surface area contributed by atoms with Crippen LogP contribution in [0.4, 0.5) is 0 Å². The van der Waals surface area contributed by atoms with Crippen molar-refractivity contribution in [3.63, 3.8) is 0 Å². The lowest BCUT2D eigenvalue weighted by Crippen LogP contribution is -2.96. The van der Waals surface area contributed by atoms with Gasteiger partial charge in [0, 0.05) is 0 Å². The molecule has 0 radical (unpaired) electrons. The number of esters is 1. The second kappa shape index (κ2) is 4.81. The average molecular weight is 187 g/mol. The summed E-state index contributed by atoms with van der Waals surface area (Å²) in [6, 6.07) is -0.298. The fourth-order valence-corrected chi connectivity index (χ4v) is 1.29. The lowest BCUT2D eigenvalue weighted by atomic mass is 10.1. The fraction of sp³-hybridized carbons (Fsp3) is 0.750. The predicted molar refractivity (Wildman–Crippen MR) is 44.8 cm³/mol. The summed E-state index contributed by atoms with van der Waals surface area (Å²) >= 11 is 0. The van der Waals surface area contributed by atoms with E-state index in [-0.39, 0.29) is 24.3 Å². The van der Waals surface area contributed by atoms with E-state index < -0.39 is 0 Å². The van der Waals surface area contributed by atoms with Crippen molar-refractivity contribution in [3.05, 3.63) is 0 Å². The maximum Gasteiger partial charge on any atom is 0.312 e. The van der Waals surface area contributed by atoms with Gasteiger partial charge in [-0.25, -0.2) is 0 Å². The van der Waals surface area contributed by atoms with Crippen molar-refractivity contribution in [2.75, 3.05) is 19.7 Å².